The van der Waals surface area contributed by atoms with Gasteiger partial charge in [0.15, 0.2) is 27.8 Å². The Labute approximate surface area is 204 Å². The zero-order chi connectivity index (χ0) is 25.3. The number of methoxy groups -OCH3 is 2. The average Bonchev–Trinajstić information content (AvgIpc) is 3.15. The number of ether oxygens (including phenoxy) is 3. The van der Waals surface area contributed by atoms with Crippen molar-refractivity contribution in [3.05, 3.63) is 72.8 Å². The van der Waals surface area contributed by atoms with Crippen molar-refractivity contribution in [3.63, 3.8) is 0 Å². The van der Waals surface area contributed by atoms with E-state index in [1.165, 1.54) is 42.3 Å². The van der Waals surface area contributed by atoms with E-state index in [9.17, 15) is 19.8 Å². The van der Waals surface area contributed by atoms with E-state index in [1.54, 1.807) is 44.2 Å². The van der Waals surface area contributed by atoms with E-state index >= 15 is 0 Å². The SMILES string of the molecule is CCOC(=O)C1=C(C)n2c(s/c(=C\c3ccc(O)c(OC)c3)c2=O)=N[C@H]1c1ccc(O)c(OC)c1. The smallest absolute Gasteiger partial charge is 0.338 e. The van der Waals surface area contributed by atoms with Gasteiger partial charge in [0, 0.05) is 5.70 Å². The summed E-state index contributed by atoms with van der Waals surface area (Å²) in [6.45, 7) is 3.54. The lowest BCUT2D eigenvalue weighted by atomic mass is 9.96. The molecule has 3 aromatic rings. The molecule has 4 rings (SSSR count). The van der Waals surface area contributed by atoms with Crippen LogP contribution in [0.1, 0.15) is 31.0 Å². The molecule has 1 aromatic heterocycles. The number of carbonyl (C=O) groups is 1. The van der Waals surface area contributed by atoms with Crippen molar-refractivity contribution in [2.75, 3.05) is 20.8 Å². The molecular formula is C25H24N2O7S. The molecule has 10 heteroatoms. The summed E-state index contributed by atoms with van der Waals surface area (Å²) in [5.74, 6) is -0.107. The van der Waals surface area contributed by atoms with Gasteiger partial charge in [0.05, 0.1) is 30.9 Å². The molecule has 1 atom stereocenters. The molecule has 2 heterocycles. The van der Waals surface area contributed by atoms with Gasteiger partial charge in [0.1, 0.15) is 6.04 Å². The summed E-state index contributed by atoms with van der Waals surface area (Å²) in [7, 11) is 2.88. The van der Waals surface area contributed by atoms with Crippen molar-refractivity contribution in [3.8, 4) is 23.0 Å². The summed E-state index contributed by atoms with van der Waals surface area (Å²) >= 11 is 1.17. The lowest BCUT2D eigenvalue weighted by Crippen LogP contribution is -2.35. The van der Waals surface area contributed by atoms with E-state index in [1.807, 2.05) is 0 Å². The van der Waals surface area contributed by atoms with Crippen molar-refractivity contribution in [2.45, 2.75) is 19.9 Å². The second kappa shape index (κ2) is 9.67. The third kappa shape index (κ3) is 4.40. The highest BCUT2D eigenvalue weighted by atomic mass is 32.1. The van der Waals surface area contributed by atoms with Crippen LogP contribution in [0.15, 0.2) is 51.8 Å². The molecule has 0 bridgehead atoms. The highest BCUT2D eigenvalue weighted by Crippen LogP contribution is 2.36. The first-order valence-corrected chi connectivity index (χ1v) is 11.5. The van der Waals surface area contributed by atoms with Crippen molar-refractivity contribution in [2.24, 2.45) is 4.99 Å². The van der Waals surface area contributed by atoms with E-state index in [0.717, 1.165) is 0 Å². The minimum absolute atomic E-state index is 0.00753. The first kappa shape index (κ1) is 24.1. The standard InChI is InChI=1S/C25H24N2O7S/c1-5-34-24(31)21-13(2)27-23(30)20(11-14-6-8-16(28)18(10-14)32-3)35-25(27)26-22(21)15-7-9-17(29)19(12-15)33-4/h6-12,22,28-29H,5H2,1-4H3/b20-11-/t22-/m0/s1. The summed E-state index contributed by atoms with van der Waals surface area (Å²) in [5, 5.41) is 19.9. The van der Waals surface area contributed by atoms with E-state index in [4.69, 9.17) is 19.2 Å². The van der Waals surface area contributed by atoms with Crippen LogP contribution in [0.4, 0.5) is 0 Å². The van der Waals surface area contributed by atoms with E-state index in [2.05, 4.69) is 0 Å². The van der Waals surface area contributed by atoms with Crippen molar-refractivity contribution in [1.29, 1.82) is 0 Å². The molecular weight excluding hydrogens is 472 g/mol. The number of phenolic OH excluding ortho intramolecular Hbond substituents is 2. The quantitative estimate of drug-likeness (QED) is 0.503. The largest absolute Gasteiger partial charge is 0.504 e. The Morgan fingerprint density at radius 1 is 1.11 bits per heavy atom. The van der Waals surface area contributed by atoms with Crippen LogP contribution in [-0.4, -0.2) is 41.6 Å². The fourth-order valence-electron chi connectivity index (χ4n) is 3.86. The molecule has 0 fully saturated rings. The van der Waals surface area contributed by atoms with Crippen LogP contribution in [0.2, 0.25) is 0 Å². The zero-order valence-corrected chi connectivity index (χ0v) is 20.4. The number of carbonyl (C=O) groups excluding carboxylic acids is 1. The minimum Gasteiger partial charge on any atom is -0.504 e. The molecule has 2 N–H and O–H groups in total. The number of hydrogen-bond acceptors (Lipinski definition) is 9. The molecule has 0 saturated carbocycles. The van der Waals surface area contributed by atoms with Crippen LogP contribution in [0.5, 0.6) is 23.0 Å². The summed E-state index contributed by atoms with van der Waals surface area (Å²) in [5.41, 5.74) is 1.56. The maximum absolute atomic E-state index is 13.3. The van der Waals surface area contributed by atoms with E-state index < -0.39 is 12.0 Å². The predicted octanol–water partition coefficient (Wildman–Crippen LogP) is 2.34. The van der Waals surface area contributed by atoms with Crippen LogP contribution >= 0.6 is 11.3 Å². The third-order valence-corrected chi connectivity index (χ3v) is 6.54. The maximum atomic E-state index is 13.3. The Morgan fingerprint density at radius 2 is 1.77 bits per heavy atom. The molecule has 1 aliphatic heterocycles. The maximum Gasteiger partial charge on any atom is 0.338 e. The number of nitrogens with zero attached hydrogens (tertiary/aromatic N) is 2. The van der Waals surface area contributed by atoms with Gasteiger partial charge in [-0.3, -0.25) is 9.36 Å². The number of phenols is 2. The molecule has 1 aliphatic rings. The Morgan fingerprint density at radius 3 is 2.43 bits per heavy atom. The second-order valence-corrected chi connectivity index (χ2v) is 8.66. The number of esters is 1. The van der Waals surface area contributed by atoms with Crippen LogP contribution in [0.25, 0.3) is 11.8 Å². The third-order valence-electron chi connectivity index (χ3n) is 5.56. The van der Waals surface area contributed by atoms with Crippen LogP contribution in [-0.2, 0) is 9.53 Å². The molecule has 35 heavy (non-hydrogen) atoms. The van der Waals surface area contributed by atoms with Gasteiger partial charge in [-0.05, 0) is 55.3 Å². The number of thiazole rings is 1. The summed E-state index contributed by atoms with van der Waals surface area (Å²) < 4.78 is 17.4. The molecule has 0 aliphatic carbocycles. The Balaban J connectivity index is 1.94. The minimum atomic E-state index is -0.761. The molecule has 0 unspecified atom stereocenters. The first-order valence-electron chi connectivity index (χ1n) is 10.7. The number of aromatic hydroxyl groups is 2. The normalized spacial score (nSPS) is 15.4. The van der Waals surface area contributed by atoms with Crippen LogP contribution in [0.3, 0.4) is 0 Å². The number of fused-ring (bicyclic) bond motifs is 1. The zero-order valence-electron chi connectivity index (χ0n) is 19.6. The number of hydrogen-bond donors (Lipinski definition) is 2. The summed E-state index contributed by atoms with van der Waals surface area (Å²) in [4.78, 5) is 31.4. The molecule has 0 amide bonds. The van der Waals surface area contributed by atoms with Crippen molar-refractivity contribution >= 4 is 29.1 Å². The van der Waals surface area contributed by atoms with Gasteiger partial charge in [-0.2, -0.15) is 0 Å². The van der Waals surface area contributed by atoms with Gasteiger partial charge in [-0.25, -0.2) is 9.79 Å². The first-order chi connectivity index (χ1) is 16.8. The summed E-state index contributed by atoms with van der Waals surface area (Å²) in [6.07, 6.45) is 1.67. The van der Waals surface area contributed by atoms with Crippen LogP contribution < -0.4 is 24.4 Å². The predicted molar refractivity (Wildman–Crippen MR) is 131 cm³/mol. The van der Waals surface area contributed by atoms with Gasteiger partial charge < -0.3 is 24.4 Å². The molecule has 0 radical (unpaired) electrons. The average molecular weight is 497 g/mol. The van der Waals surface area contributed by atoms with Gasteiger partial charge in [0.2, 0.25) is 0 Å². The molecule has 2 aromatic carbocycles. The number of allylic oxidation sites excluding steroid dienone is 1. The Hall–Kier alpha value is -4.05. The second-order valence-electron chi connectivity index (χ2n) is 7.65. The lowest BCUT2D eigenvalue weighted by molar-refractivity contribution is -0.138. The lowest BCUT2D eigenvalue weighted by Gasteiger charge is -2.22. The van der Waals surface area contributed by atoms with Crippen molar-refractivity contribution in [1.82, 2.24) is 4.57 Å². The number of aromatic nitrogens is 1. The summed E-state index contributed by atoms with van der Waals surface area (Å²) in [6, 6.07) is 8.73. The fourth-order valence-corrected chi connectivity index (χ4v) is 4.90. The van der Waals surface area contributed by atoms with Crippen LogP contribution in [0, 0.1) is 0 Å². The monoisotopic (exact) mass is 496 g/mol. The van der Waals surface area contributed by atoms with E-state index in [0.29, 0.717) is 26.2 Å². The number of rotatable bonds is 6. The molecule has 0 saturated heterocycles. The Bertz CT molecular complexity index is 1520. The van der Waals surface area contributed by atoms with E-state index in [-0.39, 0.29) is 40.7 Å². The fraction of sp³-hybridized carbons (Fsp3) is 0.240. The van der Waals surface area contributed by atoms with Crippen molar-refractivity contribution < 1.29 is 29.2 Å². The van der Waals surface area contributed by atoms with Gasteiger partial charge >= 0.3 is 5.97 Å². The molecule has 9 nitrogen and oxygen atoms in total. The number of benzene rings is 2. The Kier molecular flexibility index (Phi) is 6.65. The topological polar surface area (TPSA) is 120 Å². The highest BCUT2D eigenvalue weighted by Gasteiger charge is 2.32. The highest BCUT2D eigenvalue weighted by molar-refractivity contribution is 7.07. The molecule has 0 spiro atoms. The van der Waals surface area contributed by atoms with Gasteiger partial charge in [0.25, 0.3) is 5.56 Å². The molecule has 182 valence electrons. The van der Waals surface area contributed by atoms with Gasteiger partial charge in [-0.1, -0.05) is 23.5 Å². The van der Waals surface area contributed by atoms with Gasteiger partial charge in [-0.15, -0.1) is 0 Å².